The number of nitrogens with zero attached hydrogens (tertiary/aromatic N) is 2. The Balaban J connectivity index is 1.24. The van der Waals surface area contributed by atoms with Gasteiger partial charge in [-0.25, -0.2) is 0 Å². The number of hydrogen-bond donors (Lipinski definition) is 0. The highest BCUT2D eigenvalue weighted by atomic mass is 32.2. The second kappa shape index (κ2) is 20.5. The lowest BCUT2D eigenvalue weighted by molar-refractivity contribution is -0.598. The summed E-state index contributed by atoms with van der Waals surface area (Å²) in [4.78, 5) is 55.4. The summed E-state index contributed by atoms with van der Waals surface area (Å²) in [5, 5.41) is 0. The van der Waals surface area contributed by atoms with Crippen LogP contribution in [0.4, 0.5) is 0 Å². The van der Waals surface area contributed by atoms with E-state index in [9.17, 15) is 19.2 Å². The Hall–Kier alpha value is -5.66. The Labute approximate surface area is 365 Å². The molecule has 4 heterocycles. The van der Waals surface area contributed by atoms with Crippen molar-refractivity contribution in [3.05, 3.63) is 189 Å². The van der Waals surface area contributed by atoms with Crippen LogP contribution >= 0.6 is 46.2 Å². The third-order valence-electron chi connectivity index (χ3n) is 9.42. The van der Waals surface area contributed by atoms with Crippen molar-refractivity contribution in [3.63, 3.8) is 0 Å². The molecule has 0 N–H and O–H groups in total. The topological polar surface area (TPSA) is 94.5 Å². The van der Waals surface area contributed by atoms with Crippen molar-refractivity contribution in [2.45, 2.75) is 46.6 Å². The number of thiophene rings is 2. The zero-order chi connectivity index (χ0) is 41.8. The SMILES string of the molecule is CCOC(=O)Cc1c(C(=O)c2ccccc2)sc(SCc2ccccc2CSc2sc(C(=O)c3ccccc3)c(CC(=O)OCC)c2-[n+]2ccccc2)c1-[n+]1ccccc1. The van der Waals surface area contributed by atoms with Crippen LogP contribution in [-0.2, 0) is 43.4 Å². The van der Waals surface area contributed by atoms with Gasteiger partial charge in [-0.1, -0.05) is 97.1 Å². The molecule has 0 atom stereocenters. The minimum absolute atomic E-state index is 0.0429. The van der Waals surface area contributed by atoms with Gasteiger partial charge in [0.15, 0.2) is 24.8 Å². The van der Waals surface area contributed by atoms with Gasteiger partial charge in [0.25, 0.3) is 0 Å². The zero-order valence-corrected chi connectivity index (χ0v) is 36.3. The van der Waals surface area contributed by atoms with Crippen LogP contribution in [0.25, 0.3) is 11.4 Å². The highest BCUT2D eigenvalue weighted by Gasteiger charge is 2.33. The molecular weight excluding hydrogens is 829 g/mol. The maximum absolute atomic E-state index is 14.1. The number of esters is 2. The van der Waals surface area contributed by atoms with E-state index < -0.39 is 11.9 Å². The number of hydrogen-bond acceptors (Lipinski definition) is 10. The molecule has 7 rings (SSSR count). The Bertz CT molecular complexity index is 2410. The third kappa shape index (κ3) is 10.0. The van der Waals surface area contributed by atoms with E-state index in [1.54, 1.807) is 61.6 Å². The zero-order valence-electron chi connectivity index (χ0n) is 33.1. The molecule has 0 aliphatic carbocycles. The van der Waals surface area contributed by atoms with Crippen molar-refractivity contribution < 1.29 is 37.8 Å². The van der Waals surface area contributed by atoms with Crippen molar-refractivity contribution in [3.8, 4) is 11.4 Å². The van der Waals surface area contributed by atoms with Gasteiger partial charge in [0.2, 0.25) is 22.9 Å². The molecule has 0 unspecified atom stereocenters. The van der Waals surface area contributed by atoms with Crippen LogP contribution in [0.2, 0.25) is 0 Å². The second-order valence-corrected chi connectivity index (χ2v) is 17.9. The van der Waals surface area contributed by atoms with E-state index in [2.05, 4.69) is 12.1 Å². The number of ether oxygens (including phenoxy) is 2. The lowest BCUT2D eigenvalue weighted by atomic mass is 10.0. The minimum Gasteiger partial charge on any atom is -0.466 e. The van der Waals surface area contributed by atoms with Crippen LogP contribution in [0.5, 0.6) is 0 Å². The highest BCUT2D eigenvalue weighted by Crippen LogP contribution is 2.42. The van der Waals surface area contributed by atoms with Gasteiger partial charge in [-0.3, -0.25) is 19.2 Å². The van der Waals surface area contributed by atoms with E-state index in [-0.39, 0.29) is 37.6 Å². The van der Waals surface area contributed by atoms with E-state index in [1.807, 2.05) is 119 Å². The Morgan fingerprint density at radius 1 is 0.500 bits per heavy atom. The fourth-order valence-electron chi connectivity index (χ4n) is 6.65. The number of rotatable bonds is 18. The van der Waals surface area contributed by atoms with E-state index in [1.165, 1.54) is 22.7 Å². The van der Waals surface area contributed by atoms with Crippen LogP contribution in [-0.4, -0.2) is 36.7 Å². The van der Waals surface area contributed by atoms with Crippen molar-refractivity contribution >= 4 is 69.7 Å². The summed E-state index contributed by atoms with van der Waals surface area (Å²) in [6.07, 6.45) is 7.63. The fraction of sp³-hybridized carbons (Fsp3) is 0.167. The fourth-order valence-corrected chi connectivity index (χ4v) is 11.9. The summed E-state index contributed by atoms with van der Waals surface area (Å²) in [5.74, 6) is 0.107. The number of thioether (sulfide) groups is 2. The van der Waals surface area contributed by atoms with Crippen molar-refractivity contribution in [1.82, 2.24) is 0 Å². The van der Waals surface area contributed by atoms with Gasteiger partial charge < -0.3 is 9.47 Å². The molecule has 0 bridgehead atoms. The quantitative estimate of drug-likeness (QED) is 0.0365. The standard InChI is InChI=1S/C48H42N2O6S4/c1-3-55-39(51)29-37-41(49-25-15-7-16-26-49)47(59-45(37)43(53)33-19-9-5-10-20-33)57-31-35-23-13-14-24-36(35)32-58-48-42(50-27-17-8-18-28-50)38(30-40(52)56-4-2)46(60-48)44(54)34-21-11-6-12-22-34/h5-28H,3-4,29-32H2,1-2H3/q+2. The molecule has 0 saturated carbocycles. The third-order valence-corrected chi connectivity index (χ3v) is 14.5. The number of ketones is 2. The van der Waals surface area contributed by atoms with Crippen LogP contribution in [0.15, 0.2) is 155 Å². The second-order valence-electron chi connectivity index (χ2n) is 13.4. The van der Waals surface area contributed by atoms with Gasteiger partial charge in [-0.15, -0.1) is 46.2 Å². The molecule has 12 heteroatoms. The molecule has 0 aliphatic heterocycles. The summed E-state index contributed by atoms with van der Waals surface area (Å²) in [6.45, 7) is 4.03. The lowest BCUT2D eigenvalue weighted by Gasteiger charge is -2.09. The van der Waals surface area contributed by atoms with Crippen molar-refractivity contribution in [2.75, 3.05) is 13.2 Å². The molecular formula is C48H42N2O6S4+2. The van der Waals surface area contributed by atoms with E-state index in [4.69, 9.17) is 9.47 Å². The average Bonchev–Trinajstić information content (AvgIpc) is 3.83. The summed E-state index contributed by atoms with van der Waals surface area (Å²) < 4.78 is 16.5. The van der Waals surface area contributed by atoms with Gasteiger partial charge in [-0.2, -0.15) is 9.13 Å². The first-order valence-electron chi connectivity index (χ1n) is 19.4. The van der Waals surface area contributed by atoms with Crippen LogP contribution in [0.3, 0.4) is 0 Å². The highest BCUT2D eigenvalue weighted by molar-refractivity contribution is 8.01. The van der Waals surface area contributed by atoms with Crippen LogP contribution in [0.1, 0.15) is 66.6 Å². The van der Waals surface area contributed by atoms with Gasteiger partial charge >= 0.3 is 11.9 Å². The molecule has 0 spiro atoms. The molecule has 8 nitrogen and oxygen atoms in total. The molecule has 0 fully saturated rings. The van der Waals surface area contributed by atoms with Gasteiger partial charge in [0.1, 0.15) is 8.42 Å². The van der Waals surface area contributed by atoms with Gasteiger partial charge in [-0.05, 0) is 25.0 Å². The first-order valence-corrected chi connectivity index (χ1v) is 23.0. The molecule has 0 saturated heterocycles. The molecule has 3 aromatic carbocycles. The molecule has 0 aliphatic rings. The minimum atomic E-state index is -0.394. The Morgan fingerprint density at radius 3 is 1.22 bits per heavy atom. The predicted octanol–water partition coefficient (Wildman–Crippen LogP) is 9.62. The molecule has 0 amide bonds. The number of benzene rings is 3. The maximum atomic E-state index is 14.1. The number of carbonyl (C=O) groups excluding carboxylic acids is 4. The Kier molecular flexibility index (Phi) is 14.5. The first kappa shape index (κ1) is 42.5. The first-order chi connectivity index (χ1) is 29.4. The van der Waals surface area contributed by atoms with E-state index >= 15 is 0 Å². The molecule has 60 heavy (non-hydrogen) atoms. The number of pyridine rings is 2. The number of aromatic nitrogens is 2. The molecule has 0 radical (unpaired) electrons. The largest absolute Gasteiger partial charge is 0.466 e. The van der Waals surface area contributed by atoms with E-state index in [0.29, 0.717) is 43.5 Å². The molecule has 7 aromatic rings. The smallest absolute Gasteiger partial charge is 0.310 e. The average molecular weight is 871 g/mol. The van der Waals surface area contributed by atoms with E-state index in [0.717, 1.165) is 30.9 Å². The van der Waals surface area contributed by atoms with Gasteiger partial charge in [0, 0.05) is 46.9 Å². The Morgan fingerprint density at radius 2 is 0.850 bits per heavy atom. The lowest BCUT2D eigenvalue weighted by Crippen LogP contribution is -2.31. The van der Waals surface area contributed by atoms with Crippen LogP contribution in [0, 0.1) is 0 Å². The summed E-state index contributed by atoms with van der Waals surface area (Å²) in [7, 11) is 0. The van der Waals surface area contributed by atoms with Gasteiger partial charge in [0.05, 0.1) is 46.9 Å². The molecule has 4 aromatic heterocycles. The number of carbonyl (C=O) groups is 4. The summed E-state index contributed by atoms with van der Waals surface area (Å²) in [5.41, 5.74) is 6.16. The molecule has 302 valence electrons. The maximum Gasteiger partial charge on any atom is 0.310 e. The van der Waals surface area contributed by atoms with Crippen molar-refractivity contribution in [1.29, 1.82) is 0 Å². The van der Waals surface area contributed by atoms with Crippen LogP contribution < -0.4 is 9.13 Å². The summed E-state index contributed by atoms with van der Waals surface area (Å²) in [6, 6.07) is 38.1. The van der Waals surface area contributed by atoms with Crippen molar-refractivity contribution in [2.24, 2.45) is 0 Å². The predicted molar refractivity (Wildman–Crippen MR) is 238 cm³/mol. The normalized spacial score (nSPS) is 11.0. The summed E-state index contributed by atoms with van der Waals surface area (Å²) >= 11 is 6.05. The monoisotopic (exact) mass is 870 g/mol.